The second-order valence-corrected chi connectivity index (χ2v) is 8.09. The molecule has 1 aromatic carbocycles. The molecule has 0 aliphatic carbocycles. The fourth-order valence-electron chi connectivity index (χ4n) is 2.10. The number of carbonyl (C=O) groups is 1. The fraction of sp³-hybridized carbons (Fsp3) is 0.438. The van der Waals surface area contributed by atoms with Gasteiger partial charge in [-0.25, -0.2) is 4.57 Å². The van der Waals surface area contributed by atoms with E-state index in [1.54, 1.807) is 24.3 Å². The van der Waals surface area contributed by atoms with Gasteiger partial charge in [-0.2, -0.15) is 5.09 Å². The van der Waals surface area contributed by atoms with Gasteiger partial charge in [-0.15, -0.1) is 0 Å². The smallest absolute Gasteiger partial charge is 0.459 e. The lowest BCUT2D eigenvalue weighted by Crippen LogP contribution is -2.35. The molecule has 4 atom stereocenters. The molecule has 1 aliphatic heterocycles. The van der Waals surface area contributed by atoms with Crippen molar-refractivity contribution in [3.05, 3.63) is 40.9 Å². The van der Waals surface area contributed by atoms with Crippen molar-refractivity contribution in [2.24, 2.45) is 0 Å². The monoisotopic (exact) mass is 433 g/mol. The van der Waals surface area contributed by atoms with Crippen LogP contribution >= 0.6 is 23.7 Å². The van der Waals surface area contributed by atoms with Crippen LogP contribution in [0.5, 0.6) is 5.75 Å². The van der Waals surface area contributed by atoms with Gasteiger partial charge in [-0.05, 0) is 38.1 Å². The van der Waals surface area contributed by atoms with E-state index in [1.165, 1.54) is 14.0 Å². The first-order chi connectivity index (χ1) is 11.8. The van der Waals surface area contributed by atoms with Gasteiger partial charge >= 0.3 is 13.7 Å². The highest BCUT2D eigenvalue weighted by Gasteiger charge is 2.33. The van der Waals surface area contributed by atoms with Gasteiger partial charge in [0.2, 0.25) is 0 Å². The number of carbonyl (C=O) groups excluding carboxylic acids is 1. The standard InChI is InChI=1S/C16H21BrNO6P/c1-11-4-7-15(23-11)10-22-25(20,18-12(2)16(19)21-3)24-14-8-5-13(17)6-9-14/h4-9,11-12,15H,10H2,1-3H3,(H,18,20). The molecule has 4 unspecified atom stereocenters. The van der Waals surface area contributed by atoms with Crippen molar-refractivity contribution >= 4 is 29.6 Å². The highest BCUT2D eigenvalue weighted by Crippen LogP contribution is 2.45. The summed E-state index contributed by atoms with van der Waals surface area (Å²) in [4.78, 5) is 11.6. The molecule has 7 nitrogen and oxygen atoms in total. The van der Waals surface area contributed by atoms with Gasteiger partial charge in [0.25, 0.3) is 0 Å². The number of ether oxygens (including phenoxy) is 2. The summed E-state index contributed by atoms with van der Waals surface area (Å²) in [7, 11) is -2.58. The molecule has 0 fully saturated rings. The van der Waals surface area contributed by atoms with E-state index >= 15 is 0 Å². The van der Waals surface area contributed by atoms with Gasteiger partial charge < -0.3 is 14.0 Å². The largest absolute Gasteiger partial charge is 0.468 e. The quantitative estimate of drug-likeness (QED) is 0.381. The lowest BCUT2D eigenvalue weighted by molar-refractivity contribution is -0.142. The van der Waals surface area contributed by atoms with Crippen LogP contribution in [0.25, 0.3) is 0 Å². The Morgan fingerprint density at radius 1 is 1.36 bits per heavy atom. The van der Waals surface area contributed by atoms with Gasteiger partial charge in [0.15, 0.2) is 0 Å². The van der Waals surface area contributed by atoms with Gasteiger partial charge in [0, 0.05) is 4.47 Å². The van der Waals surface area contributed by atoms with Crippen molar-refractivity contribution in [3.63, 3.8) is 0 Å². The molecule has 0 saturated heterocycles. The maximum absolute atomic E-state index is 13.1. The van der Waals surface area contributed by atoms with E-state index in [9.17, 15) is 9.36 Å². The van der Waals surface area contributed by atoms with Crippen LogP contribution in [0.3, 0.4) is 0 Å². The second-order valence-electron chi connectivity index (χ2n) is 5.48. The number of benzene rings is 1. The molecule has 0 radical (unpaired) electrons. The van der Waals surface area contributed by atoms with Crippen LogP contribution in [0, 0.1) is 0 Å². The predicted octanol–water partition coefficient (Wildman–Crippen LogP) is 3.45. The van der Waals surface area contributed by atoms with Crippen LogP contribution < -0.4 is 9.61 Å². The SMILES string of the molecule is COC(=O)C(C)NP(=O)(OCC1C=CC(C)O1)Oc1ccc(Br)cc1. The van der Waals surface area contributed by atoms with E-state index < -0.39 is 19.8 Å². The van der Waals surface area contributed by atoms with Gasteiger partial charge in [0.1, 0.15) is 17.9 Å². The summed E-state index contributed by atoms with van der Waals surface area (Å²) < 4.78 is 35.1. The Kier molecular flexibility index (Phi) is 7.22. The normalized spacial score (nSPS) is 23.0. The summed E-state index contributed by atoms with van der Waals surface area (Å²) in [6, 6.07) is 5.89. The lowest BCUT2D eigenvalue weighted by Gasteiger charge is -2.23. The molecule has 0 aromatic heterocycles. The molecule has 1 heterocycles. The highest BCUT2D eigenvalue weighted by molar-refractivity contribution is 9.10. The summed E-state index contributed by atoms with van der Waals surface area (Å²) >= 11 is 3.32. The summed E-state index contributed by atoms with van der Waals surface area (Å²) in [5.74, 6) is -0.235. The zero-order valence-corrected chi connectivity index (χ0v) is 16.7. The molecule has 0 spiro atoms. The zero-order chi connectivity index (χ0) is 18.4. The van der Waals surface area contributed by atoms with E-state index in [1.807, 2.05) is 19.1 Å². The Bertz CT molecular complexity index is 665. The first-order valence-electron chi connectivity index (χ1n) is 7.70. The predicted molar refractivity (Wildman–Crippen MR) is 96.4 cm³/mol. The van der Waals surface area contributed by atoms with Crippen molar-refractivity contribution in [1.29, 1.82) is 0 Å². The minimum atomic E-state index is -3.83. The minimum Gasteiger partial charge on any atom is -0.468 e. The molecule has 25 heavy (non-hydrogen) atoms. The average Bonchev–Trinajstić information content (AvgIpc) is 3.00. The second kappa shape index (κ2) is 8.96. The van der Waals surface area contributed by atoms with Crippen molar-refractivity contribution in [2.75, 3.05) is 13.7 Å². The summed E-state index contributed by atoms with van der Waals surface area (Å²) in [5, 5.41) is 2.59. The topological polar surface area (TPSA) is 83.1 Å². The molecule has 1 aliphatic rings. The van der Waals surface area contributed by atoms with Gasteiger partial charge in [0.05, 0.1) is 19.8 Å². The molecule has 138 valence electrons. The summed E-state index contributed by atoms with van der Waals surface area (Å²) in [6.45, 7) is 3.43. The third-order valence-electron chi connectivity index (χ3n) is 3.34. The lowest BCUT2D eigenvalue weighted by atomic mass is 10.3. The molecule has 1 N–H and O–H groups in total. The van der Waals surface area contributed by atoms with E-state index in [2.05, 4.69) is 25.8 Å². The number of nitrogens with one attached hydrogen (secondary N) is 1. The molecule has 2 rings (SSSR count). The fourth-order valence-corrected chi connectivity index (χ4v) is 3.87. The molecule has 0 saturated carbocycles. The van der Waals surface area contributed by atoms with Gasteiger partial charge in [-0.1, -0.05) is 28.1 Å². The number of hydrogen-bond donors (Lipinski definition) is 1. The van der Waals surface area contributed by atoms with Crippen molar-refractivity contribution < 1.29 is 27.9 Å². The molecule has 0 amide bonds. The number of esters is 1. The molecular formula is C16H21BrNO6P. The third-order valence-corrected chi connectivity index (χ3v) is 5.51. The molecule has 1 aromatic rings. The Morgan fingerprint density at radius 2 is 2.04 bits per heavy atom. The molecule has 0 bridgehead atoms. The molecular weight excluding hydrogens is 413 g/mol. The zero-order valence-electron chi connectivity index (χ0n) is 14.2. The minimum absolute atomic E-state index is 0.0234. The van der Waals surface area contributed by atoms with Gasteiger partial charge in [-0.3, -0.25) is 9.32 Å². The Hall–Kier alpha value is -1.18. The first kappa shape index (κ1) is 20.1. The Labute approximate surface area is 155 Å². The Balaban J connectivity index is 2.08. The van der Waals surface area contributed by atoms with E-state index in [0.29, 0.717) is 5.75 Å². The average molecular weight is 434 g/mol. The third kappa shape index (κ3) is 6.24. The number of halogens is 1. The first-order valence-corrected chi connectivity index (χ1v) is 10.0. The van der Waals surface area contributed by atoms with Crippen LogP contribution in [-0.4, -0.2) is 37.9 Å². The van der Waals surface area contributed by atoms with Crippen molar-refractivity contribution in [2.45, 2.75) is 32.1 Å². The van der Waals surface area contributed by atoms with Crippen LogP contribution in [0.1, 0.15) is 13.8 Å². The molecule has 9 heteroatoms. The van der Waals surface area contributed by atoms with E-state index in [0.717, 1.165) is 4.47 Å². The summed E-state index contributed by atoms with van der Waals surface area (Å²) in [5.41, 5.74) is 0. The van der Waals surface area contributed by atoms with Crippen LogP contribution in [0.4, 0.5) is 0 Å². The van der Waals surface area contributed by atoms with E-state index in [4.69, 9.17) is 13.8 Å². The Morgan fingerprint density at radius 3 is 2.60 bits per heavy atom. The summed E-state index contributed by atoms with van der Waals surface area (Å²) in [6.07, 6.45) is 3.37. The number of methoxy groups -OCH3 is 1. The van der Waals surface area contributed by atoms with Crippen molar-refractivity contribution in [3.8, 4) is 5.75 Å². The maximum atomic E-state index is 13.1. The maximum Gasteiger partial charge on any atom is 0.459 e. The number of rotatable bonds is 8. The van der Waals surface area contributed by atoms with Crippen LogP contribution in [0.2, 0.25) is 0 Å². The van der Waals surface area contributed by atoms with Crippen molar-refractivity contribution in [1.82, 2.24) is 5.09 Å². The highest BCUT2D eigenvalue weighted by atomic mass is 79.9. The number of hydrogen-bond acceptors (Lipinski definition) is 6. The van der Waals surface area contributed by atoms with Crippen LogP contribution in [0.15, 0.2) is 40.9 Å². The van der Waals surface area contributed by atoms with Crippen LogP contribution in [-0.2, 0) is 23.4 Å². The van der Waals surface area contributed by atoms with E-state index in [-0.39, 0.29) is 18.8 Å².